The predicted octanol–water partition coefficient (Wildman–Crippen LogP) is 2.39. The summed E-state index contributed by atoms with van der Waals surface area (Å²) in [5, 5.41) is 6.48. The summed E-state index contributed by atoms with van der Waals surface area (Å²) < 4.78 is 18.7. The second-order valence-corrected chi connectivity index (χ2v) is 5.47. The van der Waals surface area contributed by atoms with Gasteiger partial charge in [0, 0.05) is 26.2 Å². The fourth-order valence-corrected chi connectivity index (χ4v) is 2.69. The monoisotopic (exact) mass is 450 g/mol. The van der Waals surface area contributed by atoms with E-state index in [1.165, 1.54) is 12.1 Å². The molecule has 24 heavy (non-hydrogen) atoms. The van der Waals surface area contributed by atoms with Crippen LogP contribution >= 0.6 is 24.0 Å². The maximum atomic E-state index is 13.2. The molecular weight excluding hydrogens is 422 g/mol. The molecule has 1 heterocycles. The van der Waals surface area contributed by atoms with Crippen molar-refractivity contribution in [2.75, 3.05) is 45.9 Å². The Morgan fingerprint density at radius 1 is 1.17 bits per heavy atom. The zero-order valence-electron chi connectivity index (χ0n) is 14.4. The third-order valence-corrected chi connectivity index (χ3v) is 3.85. The lowest BCUT2D eigenvalue weighted by atomic mass is 10.0. The fourth-order valence-electron chi connectivity index (χ4n) is 2.69. The Hall–Kier alpha value is -0.930. The zero-order chi connectivity index (χ0) is 16.5. The Labute approximate surface area is 161 Å². The van der Waals surface area contributed by atoms with Gasteiger partial charge in [0.25, 0.3) is 0 Å². The van der Waals surface area contributed by atoms with Gasteiger partial charge in [0.1, 0.15) is 5.82 Å². The molecular formula is C17H28FIN4O. The SMILES string of the molecule is CCNC(=NCC(c1ccc(F)cc1)N1CCOCC1)NCC.I. The van der Waals surface area contributed by atoms with Crippen LogP contribution in [0.4, 0.5) is 4.39 Å². The van der Waals surface area contributed by atoms with Gasteiger partial charge in [0.15, 0.2) is 5.96 Å². The van der Waals surface area contributed by atoms with Crippen LogP contribution in [0.15, 0.2) is 29.3 Å². The third-order valence-electron chi connectivity index (χ3n) is 3.85. The van der Waals surface area contributed by atoms with Crippen molar-refractivity contribution in [3.05, 3.63) is 35.6 Å². The fraction of sp³-hybridized carbons (Fsp3) is 0.588. The molecule has 5 nitrogen and oxygen atoms in total. The molecule has 0 saturated carbocycles. The molecule has 0 radical (unpaired) electrons. The van der Waals surface area contributed by atoms with E-state index in [1.54, 1.807) is 0 Å². The highest BCUT2D eigenvalue weighted by molar-refractivity contribution is 14.0. The van der Waals surface area contributed by atoms with Crippen molar-refractivity contribution in [2.24, 2.45) is 4.99 Å². The van der Waals surface area contributed by atoms with E-state index in [4.69, 9.17) is 9.73 Å². The lowest BCUT2D eigenvalue weighted by Crippen LogP contribution is -2.41. The molecule has 2 N–H and O–H groups in total. The highest BCUT2D eigenvalue weighted by Crippen LogP contribution is 2.22. The first-order chi connectivity index (χ1) is 11.2. The summed E-state index contributed by atoms with van der Waals surface area (Å²) in [7, 11) is 0. The van der Waals surface area contributed by atoms with Gasteiger partial charge in [-0.05, 0) is 31.5 Å². The molecule has 1 aromatic rings. The van der Waals surface area contributed by atoms with Crippen LogP contribution < -0.4 is 10.6 Å². The number of rotatable bonds is 6. The van der Waals surface area contributed by atoms with Gasteiger partial charge in [-0.1, -0.05) is 12.1 Å². The van der Waals surface area contributed by atoms with Crippen LogP contribution in [0.5, 0.6) is 0 Å². The molecule has 7 heteroatoms. The lowest BCUT2D eigenvalue weighted by molar-refractivity contribution is 0.0179. The number of hydrogen-bond acceptors (Lipinski definition) is 3. The molecule has 1 aromatic carbocycles. The summed E-state index contributed by atoms with van der Waals surface area (Å²) in [6.07, 6.45) is 0. The molecule has 1 atom stereocenters. The van der Waals surface area contributed by atoms with E-state index in [0.29, 0.717) is 6.54 Å². The number of morpholine rings is 1. The molecule has 0 bridgehead atoms. The van der Waals surface area contributed by atoms with Gasteiger partial charge in [-0.3, -0.25) is 9.89 Å². The average molecular weight is 450 g/mol. The molecule has 1 unspecified atom stereocenters. The van der Waals surface area contributed by atoms with Gasteiger partial charge in [0.05, 0.1) is 25.8 Å². The Morgan fingerprint density at radius 3 is 2.29 bits per heavy atom. The number of nitrogens with zero attached hydrogens (tertiary/aromatic N) is 2. The average Bonchev–Trinajstić information content (AvgIpc) is 2.58. The van der Waals surface area contributed by atoms with Crippen molar-refractivity contribution in [3.8, 4) is 0 Å². The van der Waals surface area contributed by atoms with Gasteiger partial charge in [-0.15, -0.1) is 24.0 Å². The maximum absolute atomic E-state index is 13.2. The van der Waals surface area contributed by atoms with E-state index in [0.717, 1.165) is 50.9 Å². The van der Waals surface area contributed by atoms with E-state index in [-0.39, 0.29) is 35.8 Å². The molecule has 1 aliphatic heterocycles. The maximum Gasteiger partial charge on any atom is 0.191 e. The first-order valence-electron chi connectivity index (χ1n) is 8.34. The Kier molecular flexibility index (Phi) is 10.2. The first-order valence-corrected chi connectivity index (χ1v) is 8.34. The van der Waals surface area contributed by atoms with Crippen molar-refractivity contribution in [2.45, 2.75) is 19.9 Å². The van der Waals surface area contributed by atoms with Crippen LogP contribution in [-0.4, -0.2) is 56.8 Å². The summed E-state index contributed by atoms with van der Waals surface area (Å²) >= 11 is 0. The molecule has 0 aromatic heterocycles. The standard InChI is InChI=1S/C17H27FN4O.HI/c1-3-19-17(20-4-2)21-13-16(22-9-11-23-12-10-22)14-5-7-15(18)8-6-14;/h5-8,16H,3-4,9-13H2,1-2H3,(H2,19,20,21);1H. The second kappa shape index (κ2) is 11.6. The first kappa shape index (κ1) is 21.1. The molecule has 0 aliphatic carbocycles. The molecule has 0 amide bonds. The van der Waals surface area contributed by atoms with Crippen molar-refractivity contribution in [1.29, 1.82) is 0 Å². The van der Waals surface area contributed by atoms with Crippen LogP contribution in [0.2, 0.25) is 0 Å². The second-order valence-electron chi connectivity index (χ2n) is 5.47. The van der Waals surface area contributed by atoms with Gasteiger partial charge in [0.2, 0.25) is 0 Å². The Morgan fingerprint density at radius 2 is 1.75 bits per heavy atom. The highest BCUT2D eigenvalue weighted by Gasteiger charge is 2.22. The third kappa shape index (κ3) is 6.52. The number of benzene rings is 1. The quantitative estimate of drug-likeness (QED) is 0.397. The minimum Gasteiger partial charge on any atom is -0.379 e. The van der Waals surface area contributed by atoms with Crippen molar-refractivity contribution < 1.29 is 9.13 Å². The summed E-state index contributed by atoms with van der Waals surface area (Å²) in [4.78, 5) is 7.05. The number of aliphatic imine (C=N–C) groups is 1. The van der Waals surface area contributed by atoms with Crippen LogP contribution in [0, 0.1) is 5.82 Å². The zero-order valence-corrected chi connectivity index (χ0v) is 16.8. The molecule has 1 saturated heterocycles. The van der Waals surface area contributed by atoms with Crippen LogP contribution in [0.3, 0.4) is 0 Å². The lowest BCUT2D eigenvalue weighted by Gasteiger charge is -2.34. The van der Waals surface area contributed by atoms with E-state index >= 15 is 0 Å². The number of halogens is 2. The minimum atomic E-state index is -0.209. The number of hydrogen-bond donors (Lipinski definition) is 2. The predicted molar refractivity (Wildman–Crippen MR) is 107 cm³/mol. The topological polar surface area (TPSA) is 48.9 Å². The normalized spacial score (nSPS) is 16.0. The minimum absolute atomic E-state index is 0. The van der Waals surface area contributed by atoms with E-state index < -0.39 is 0 Å². The van der Waals surface area contributed by atoms with Gasteiger partial charge < -0.3 is 15.4 Å². The van der Waals surface area contributed by atoms with Gasteiger partial charge in [-0.2, -0.15) is 0 Å². The molecule has 1 aliphatic rings. The summed E-state index contributed by atoms with van der Waals surface area (Å²) in [6.45, 7) is 9.57. The van der Waals surface area contributed by atoms with E-state index in [1.807, 2.05) is 26.0 Å². The molecule has 1 fully saturated rings. The van der Waals surface area contributed by atoms with Crippen LogP contribution in [0.1, 0.15) is 25.5 Å². The summed E-state index contributed by atoms with van der Waals surface area (Å²) in [5.74, 6) is 0.606. The van der Waals surface area contributed by atoms with Crippen LogP contribution in [-0.2, 0) is 4.74 Å². The van der Waals surface area contributed by atoms with E-state index in [9.17, 15) is 4.39 Å². The largest absolute Gasteiger partial charge is 0.379 e. The molecule has 136 valence electrons. The number of guanidine groups is 1. The highest BCUT2D eigenvalue weighted by atomic mass is 127. The van der Waals surface area contributed by atoms with E-state index in [2.05, 4.69) is 15.5 Å². The number of ether oxygens (including phenoxy) is 1. The van der Waals surface area contributed by atoms with Crippen LogP contribution in [0.25, 0.3) is 0 Å². The van der Waals surface area contributed by atoms with Gasteiger partial charge in [-0.25, -0.2) is 4.39 Å². The Balaban J connectivity index is 0.00000288. The van der Waals surface area contributed by atoms with Crippen molar-refractivity contribution in [3.63, 3.8) is 0 Å². The smallest absolute Gasteiger partial charge is 0.191 e. The molecule has 2 rings (SSSR count). The van der Waals surface area contributed by atoms with Crippen molar-refractivity contribution in [1.82, 2.24) is 15.5 Å². The number of nitrogens with one attached hydrogen (secondary N) is 2. The molecule has 0 spiro atoms. The summed E-state index contributed by atoms with van der Waals surface area (Å²) in [6, 6.07) is 6.87. The van der Waals surface area contributed by atoms with Gasteiger partial charge >= 0.3 is 0 Å². The summed E-state index contributed by atoms with van der Waals surface area (Å²) in [5.41, 5.74) is 1.09. The Bertz CT molecular complexity index is 484. The van der Waals surface area contributed by atoms with Crippen molar-refractivity contribution >= 4 is 29.9 Å².